The third-order valence-electron chi connectivity index (χ3n) is 4.46. The van der Waals surface area contributed by atoms with Crippen LogP contribution in [0.1, 0.15) is 32.1 Å². The lowest BCUT2D eigenvalue weighted by molar-refractivity contribution is -0.101. The quantitative estimate of drug-likeness (QED) is 0.719. The van der Waals surface area contributed by atoms with E-state index >= 15 is 0 Å². The van der Waals surface area contributed by atoms with Gasteiger partial charge in [0.15, 0.2) is 0 Å². The first kappa shape index (κ1) is 11.8. The Morgan fingerprint density at radius 3 is 2.88 bits per heavy atom. The molecule has 0 bridgehead atoms. The van der Waals surface area contributed by atoms with Crippen molar-refractivity contribution in [1.82, 2.24) is 0 Å². The van der Waals surface area contributed by atoms with Gasteiger partial charge in [0.2, 0.25) is 0 Å². The first-order valence-electron chi connectivity index (χ1n) is 6.56. The molecule has 3 unspecified atom stereocenters. The number of ether oxygens (including phenoxy) is 2. The van der Waals surface area contributed by atoms with Gasteiger partial charge in [0.05, 0.1) is 18.3 Å². The summed E-state index contributed by atoms with van der Waals surface area (Å²) in [5.74, 6) is 1.64. The van der Waals surface area contributed by atoms with Crippen LogP contribution < -0.4 is 0 Å². The lowest BCUT2D eigenvalue weighted by Gasteiger charge is -2.42. The highest BCUT2D eigenvalue weighted by Gasteiger charge is 2.50. The van der Waals surface area contributed by atoms with Gasteiger partial charge in [-0.1, -0.05) is 0 Å². The molecule has 0 aromatic heterocycles. The molecule has 0 amide bonds. The van der Waals surface area contributed by atoms with Crippen molar-refractivity contribution in [1.29, 1.82) is 5.26 Å². The van der Waals surface area contributed by atoms with Crippen LogP contribution in [0.5, 0.6) is 0 Å². The van der Waals surface area contributed by atoms with E-state index in [9.17, 15) is 5.26 Å². The van der Waals surface area contributed by atoms with Crippen molar-refractivity contribution in [2.24, 2.45) is 5.92 Å². The van der Waals surface area contributed by atoms with Gasteiger partial charge in [0.25, 0.3) is 0 Å². The van der Waals surface area contributed by atoms with E-state index in [0.29, 0.717) is 5.92 Å². The first-order chi connectivity index (χ1) is 8.29. The van der Waals surface area contributed by atoms with E-state index in [-0.39, 0.29) is 10.3 Å². The van der Waals surface area contributed by atoms with Crippen molar-refractivity contribution in [3.8, 4) is 6.07 Å². The van der Waals surface area contributed by atoms with E-state index in [1.165, 1.54) is 6.42 Å². The SMILES string of the molecule is N#CC1(C2CCOC3(CCOC3)C2)CCCS1. The maximum atomic E-state index is 9.56. The second kappa shape index (κ2) is 4.46. The number of hydrogen-bond donors (Lipinski definition) is 0. The summed E-state index contributed by atoms with van der Waals surface area (Å²) < 4.78 is 11.3. The minimum absolute atomic E-state index is 0.0596. The molecule has 3 heterocycles. The monoisotopic (exact) mass is 253 g/mol. The van der Waals surface area contributed by atoms with Crippen molar-refractivity contribution < 1.29 is 9.47 Å². The molecule has 0 aromatic carbocycles. The summed E-state index contributed by atoms with van der Waals surface area (Å²) in [5.41, 5.74) is -0.0596. The van der Waals surface area contributed by atoms with Crippen molar-refractivity contribution in [2.45, 2.75) is 42.5 Å². The van der Waals surface area contributed by atoms with Crippen LogP contribution in [-0.4, -0.2) is 35.9 Å². The molecule has 3 nitrogen and oxygen atoms in total. The Hall–Kier alpha value is -0.240. The fourth-order valence-electron chi connectivity index (χ4n) is 3.45. The van der Waals surface area contributed by atoms with Crippen molar-refractivity contribution in [3.63, 3.8) is 0 Å². The Morgan fingerprint density at radius 1 is 1.29 bits per heavy atom. The van der Waals surface area contributed by atoms with Crippen molar-refractivity contribution >= 4 is 11.8 Å². The van der Waals surface area contributed by atoms with Crippen LogP contribution in [0, 0.1) is 17.2 Å². The molecule has 0 radical (unpaired) electrons. The number of nitrogens with zero attached hydrogens (tertiary/aromatic N) is 1. The van der Waals surface area contributed by atoms with Gasteiger partial charge in [-0.3, -0.25) is 0 Å². The Balaban J connectivity index is 1.77. The summed E-state index contributed by atoms with van der Waals surface area (Å²) in [6, 6.07) is 2.62. The second-order valence-corrected chi connectivity index (χ2v) is 6.90. The largest absolute Gasteiger partial charge is 0.378 e. The Kier molecular flexibility index (Phi) is 3.10. The molecule has 1 spiro atoms. The number of hydrogen-bond acceptors (Lipinski definition) is 4. The minimum Gasteiger partial charge on any atom is -0.378 e. The van der Waals surface area contributed by atoms with E-state index in [1.807, 2.05) is 11.8 Å². The molecule has 4 heteroatoms. The zero-order valence-electron chi connectivity index (χ0n) is 10.1. The van der Waals surface area contributed by atoms with E-state index in [2.05, 4.69) is 6.07 Å². The van der Waals surface area contributed by atoms with E-state index < -0.39 is 0 Å². The standard InChI is InChI=1S/C13H19NO2S/c14-9-13(3-1-7-17-13)11-2-5-16-12(8-11)4-6-15-10-12/h11H,1-8,10H2. The zero-order valence-corrected chi connectivity index (χ0v) is 10.9. The smallest absolute Gasteiger partial charge is 0.105 e. The predicted octanol–water partition coefficient (Wildman–Crippen LogP) is 2.36. The van der Waals surface area contributed by atoms with Crippen LogP contribution in [0.2, 0.25) is 0 Å². The van der Waals surface area contributed by atoms with Crippen LogP contribution in [0.3, 0.4) is 0 Å². The van der Waals surface area contributed by atoms with Crippen LogP contribution in [0.15, 0.2) is 0 Å². The molecule has 3 rings (SSSR count). The summed E-state index contributed by atoms with van der Waals surface area (Å²) in [5, 5.41) is 9.56. The molecule has 17 heavy (non-hydrogen) atoms. The van der Waals surface area contributed by atoms with E-state index in [1.54, 1.807) is 0 Å². The number of nitriles is 1. The molecule has 3 saturated heterocycles. The van der Waals surface area contributed by atoms with Crippen LogP contribution in [0.25, 0.3) is 0 Å². The highest BCUT2D eigenvalue weighted by molar-refractivity contribution is 8.01. The topological polar surface area (TPSA) is 42.2 Å². The van der Waals surface area contributed by atoms with E-state index in [0.717, 1.165) is 51.3 Å². The van der Waals surface area contributed by atoms with Gasteiger partial charge in [-0.2, -0.15) is 5.26 Å². The summed E-state index contributed by atoms with van der Waals surface area (Å²) in [4.78, 5) is 0. The lowest BCUT2D eigenvalue weighted by atomic mass is 9.76. The molecule has 0 aliphatic carbocycles. The number of rotatable bonds is 1. The van der Waals surface area contributed by atoms with Crippen LogP contribution in [-0.2, 0) is 9.47 Å². The molecule has 94 valence electrons. The molecule has 0 saturated carbocycles. The van der Waals surface area contributed by atoms with Crippen LogP contribution in [0.4, 0.5) is 0 Å². The average molecular weight is 253 g/mol. The maximum absolute atomic E-state index is 9.56. The summed E-state index contributed by atoms with van der Waals surface area (Å²) in [6.45, 7) is 2.35. The van der Waals surface area contributed by atoms with Gasteiger partial charge in [0.1, 0.15) is 4.75 Å². The van der Waals surface area contributed by atoms with Gasteiger partial charge >= 0.3 is 0 Å². The van der Waals surface area contributed by atoms with Crippen molar-refractivity contribution in [3.05, 3.63) is 0 Å². The van der Waals surface area contributed by atoms with E-state index in [4.69, 9.17) is 9.47 Å². The maximum Gasteiger partial charge on any atom is 0.105 e. The normalized spacial score (nSPS) is 46.2. The molecular weight excluding hydrogens is 234 g/mol. The molecule has 3 aliphatic heterocycles. The third kappa shape index (κ3) is 1.99. The summed E-state index contributed by atoms with van der Waals surface area (Å²) >= 11 is 1.88. The number of thioether (sulfide) groups is 1. The first-order valence-corrected chi connectivity index (χ1v) is 7.54. The highest BCUT2D eigenvalue weighted by Crippen LogP contribution is 2.50. The van der Waals surface area contributed by atoms with Crippen molar-refractivity contribution in [2.75, 3.05) is 25.6 Å². The Bertz CT molecular complexity index is 327. The third-order valence-corrected chi connectivity index (χ3v) is 6.10. The van der Waals surface area contributed by atoms with Crippen LogP contribution >= 0.6 is 11.8 Å². The fourth-order valence-corrected chi connectivity index (χ4v) is 4.89. The molecule has 0 N–H and O–H groups in total. The lowest BCUT2D eigenvalue weighted by Crippen LogP contribution is -2.46. The van der Waals surface area contributed by atoms with Gasteiger partial charge in [-0.05, 0) is 37.4 Å². The average Bonchev–Trinajstić information content (AvgIpc) is 3.00. The predicted molar refractivity (Wildman–Crippen MR) is 66.9 cm³/mol. The van der Waals surface area contributed by atoms with Gasteiger partial charge < -0.3 is 9.47 Å². The van der Waals surface area contributed by atoms with Gasteiger partial charge in [-0.25, -0.2) is 0 Å². The summed E-state index contributed by atoms with van der Waals surface area (Å²) in [6.07, 6.45) is 5.33. The summed E-state index contributed by atoms with van der Waals surface area (Å²) in [7, 11) is 0. The Morgan fingerprint density at radius 2 is 2.24 bits per heavy atom. The molecule has 3 aliphatic rings. The minimum atomic E-state index is -0.126. The zero-order chi connectivity index (χ0) is 11.8. The van der Waals surface area contributed by atoms with Gasteiger partial charge in [0, 0.05) is 19.6 Å². The fraction of sp³-hybridized carbons (Fsp3) is 0.923. The molecular formula is C13H19NO2S. The molecule has 0 aromatic rings. The molecule has 3 fully saturated rings. The van der Waals surface area contributed by atoms with Gasteiger partial charge in [-0.15, -0.1) is 11.8 Å². The highest BCUT2D eigenvalue weighted by atomic mass is 32.2. The second-order valence-electron chi connectivity index (χ2n) is 5.48. The Labute approximate surface area is 107 Å². The molecule has 3 atom stereocenters.